The van der Waals surface area contributed by atoms with Crippen molar-refractivity contribution in [1.29, 1.82) is 0 Å². The third-order valence-corrected chi connectivity index (χ3v) is 6.11. The van der Waals surface area contributed by atoms with E-state index in [9.17, 15) is 4.79 Å². The van der Waals surface area contributed by atoms with Gasteiger partial charge in [-0.1, -0.05) is 34.1 Å². The van der Waals surface area contributed by atoms with E-state index in [1.807, 2.05) is 39.8 Å². The summed E-state index contributed by atoms with van der Waals surface area (Å²) in [4.78, 5) is 15.8. The molecule has 3 nitrogen and oxygen atoms in total. The normalized spacial score (nSPS) is 18.4. The maximum atomic E-state index is 11.7. The Hall–Kier alpha value is -0.680. The zero-order valence-electron chi connectivity index (χ0n) is 11.0. The van der Waals surface area contributed by atoms with Crippen LogP contribution in [0.5, 0.6) is 0 Å². The van der Waals surface area contributed by atoms with Crippen molar-refractivity contribution in [2.45, 2.75) is 43.9 Å². The molecule has 1 N–H and O–H groups in total. The topological polar surface area (TPSA) is 42.0 Å². The van der Waals surface area contributed by atoms with Gasteiger partial charge in [0.2, 0.25) is 5.91 Å². The molecule has 0 aliphatic carbocycles. The van der Waals surface area contributed by atoms with Crippen molar-refractivity contribution in [2.24, 2.45) is 0 Å². The van der Waals surface area contributed by atoms with Crippen LogP contribution in [-0.2, 0) is 11.3 Å². The van der Waals surface area contributed by atoms with Gasteiger partial charge in [0.25, 0.3) is 0 Å². The van der Waals surface area contributed by atoms with E-state index in [1.54, 1.807) is 6.20 Å². The van der Waals surface area contributed by atoms with Crippen molar-refractivity contribution < 1.29 is 4.79 Å². The molecular formula is C14H20N2OS2. The van der Waals surface area contributed by atoms with Crippen molar-refractivity contribution in [2.75, 3.05) is 5.75 Å². The van der Waals surface area contributed by atoms with Crippen molar-refractivity contribution in [3.8, 4) is 0 Å². The summed E-state index contributed by atoms with van der Waals surface area (Å²) < 4.78 is 0. The number of amides is 1. The SMILES string of the molecule is O=C(CCCCC1CCSS1)NCc1ccccn1. The first-order chi connectivity index (χ1) is 9.34. The van der Waals surface area contributed by atoms with E-state index in [1.165, 1.54) is 18.6 Å². The fourth-order valence-electron chi connectivity index (χ4n) is 2.00. The molecule has 0 spiro atoms. The molecule has 1 unspecified atom stereocenters. The number of rotatable bonds is 7. The Labute approximate surface area is 122 Å². The molecule has 1 aliphatic heterocycles. The highest BCUT2D eigenvalue weighted by molar-refractivity contribution is 8.77. The molecule has 1 aromatic rings. The van der Waals surface area contributed by atoms with Gasteiger partial charge in [0.05, 0.1) is 12.2 Å². The standard InChI is InChI=1S/C14H20N2OS2/c17-14(16-11-12-5-3-4-9-15-12)7-2-1-6-13-8-10-18-19-13/h3-5,9,13H,1-2,6-8,10-11H2,(H,16,17). The zero-order valence-corrected chi connectivity index (χ0v) is 12.6. The second-order valence-electron chi connectivity index (χ2n) is 4.67. The minimum Gasteiger partial charge on any atom is -0.350 e. The highest BCUT2D eigenvalue weighted by Crippen LogP contribution is 2.39. The summed E-state index contributed by atoms with van der Waals surface area (Å²) in [5.41, 5.74) is 0.912. The lowest BCUT2D eigenvalue weighted by Gasteiger charge is -2.07. The first-order valence-corrected chi connectivity index (χ1v) is 9.17. The van der Waals surface area contributed by atoms with Gasteiger partial charge in [-0.05, 0) is 31.4 Å². The van der Waals surface area contributed by atoms with Crippen molar-refractivity contribution in [3.05, 3.63) is 30.1 Å². The van der Waals surface area contributed by atoms with Crippen LogP contribution in [0.1, 0.15) is 37.8 Å². The van der Waals surface area contributed by atoms with E-state index in [0.29, 0.717) is 13.0 Å². The Morgan fingerprint density at radius 3 is 3.11 bits per heavy atom. The minimum absolute atomic E-state index is 0.138. The van der Waals surface area contributed by atoms with Crippen LogP contribution in [0.4, 0.5) is 0 Å². The summed E-state index contributed by atoms with van der Waals surface area (Å²) in [7, 11) is 4.00. The van der Waals surface area contributed by atoms with Gasteiger partial charge in [0.1, 0.15) is 0 Å². The van der Waals surface area contributed by atoms with Crippen LogP contribution in [0.15, 0.2) is 24.4 Å². The lowest BCUT2D eigenvalue weighted by atomic mass is 10.1. The number of unbranched alkanes of at least 4 members (excludes halogenated alkanes) is 1. The van der Waals surface area contributed by atoms with E-state index in [4.69, 9.17) is 0 Å². The average Bonchev–Trinajstić information content (AvgIpc) is 2.96. The van der Waals surface area contributed by atoms with Crippen LogP contribution in [-0.4, -0.2) is 21.9 Å². The lowest BCUT2D eigenvalue weighted by Crippen LogP contribution is -2.22. The molecule has 1 atom stereocenters. The number of aromatic nitrogens is 1. The Morgan fingerprint density at radius 1 is 1.42 bits per heavy atom. The van der Waals surface area contributed by atoms with Gasteiger partial charge in [-0.3, -0.25) is 9.78 Å². The molecule has 1 fully saturated rings. The maximum absolute atomic E-state index is 11.7. The van der Waals surface area contributed by atoms with E-state index < -0.39 is 0 Å². The van der Waals surface area contributed by atoms with Crippen LogP contribution in [0, 0.1) is 0 Å². The second-order valence-corrected chi connectivity index (χ2v) is 7.46. The molecule has 2 rings (SSSR count). The summed E-state index contributed by atoms with van der Waals surface area (Å²) in [6.45, 7) is 0.536. The number of nitrogens with one attached hydrogen (secondary N) is 1. The molecule has 2 heterocycles. The van der Waals surface area contributed by atoms with Gasteiger partial charge in [-0.25, -0.2) is 0 Å². The molecule has 1 aliphatic rings. The molecule has 104 valence electrons. The maximum Gasteiger partial charge on any atom is 0.220 e. The zero-order chi connectivity index (χ0) is 13.3. The Morgan fingerprint density at radius 2 is 2.37 bits per heavy atom. The quantitative estimate of drug-likeness (QED) is 0.618. The van der Waals surface area contributed by atoms with E-state index in [0.717, 1.165) is 23.8 Å². The lowest BCUT2D eigenvalue weighted by molar-refractivity contribution is -0.121. The molecule has 1 saturated heterocycles. The number of hydrogen-bond acceptors (Lipinski definition) is 4. The number of hydrogen-bond donors (Lipinski definition) is 1. The Kier molecular flexibility index (Phi) is 6.57. The van der Waals surface area contributed by atoms with Gasteiger partial charge in [0, 0.05) is 23.6 Å². The average molecular weight is 296 g/mol. The molecular weight excluding hydrogens is 276 g/mol. The number of nitrogens with zero attached hydrogens (tertiary/aromatic N) is 1. The molecule has 1 amide bonds. The number of carbonyl (C=O) groups is 1. The van der Waals surface area contributed by atoms with Crippen molar-refractivity contribution in [3.63, 3.8) is 0 Å². The van der Waals surface area contributed by atoms with E-state index >= 15 is 0 Å². The molecule has 1 aromatic heterocycles. The largest absolute Gasteiger partial charge is 0.350 e. The van der Waals surface area contributed by atoms with Gasteiger partial charge >= 0.3 is 0 Å². The smallest absolute Gasteiger partial charge is 0.220 e. The van der Waals surface area contributed by atoms with Crippen LogP contribution >= 0.6 is 21.6 Å². The Balaban J connectivity index is 1.52. The van der Waals surface area contributed by atoms with Gasteiger partial charge in [-0.15, -0.1) is 0 Å². The second kappa shape index (κ2) is 8.48. The minimum atomic E-state index is 0.138. The summed E-state index contributed by atoms with van der Waals surface area (Å²) >= 11 is 0. The third-order valence-electron chi connectivity index (χ3n) is 3.10. The van der Waals surface area contributed by atoms with Gasteiger partial charge in [-0.2, -0.15) is 0 Å². The first-order valence-electron chi connectivity index (χ1n) is 6.79. The summed E-state index contributed by atoms with van der Waals surface area (Å²) in [5, 5.41) is 3.74. The predicted octanol–water partition coefficient (Wildman–Crippen LogP) is 3.41. The fourth-order valence-corrected chi connectivity index (χ4v) is 5.03. The van der Waals surface area contributed by atoms with E-state index in [2.05, 4.69) is 10.3 Å². The van der Waals surface area contributed by atoms with Crippen LogP contribution < -0.4 is 5.32 Å². The highest BCUT2D eigenvalue weighted by atomic mass is 33.1. The molecule has 19 heavy (non-hydrogen) atoms. The van der Waals surface area contributed by atoms with Crippen molar-refractivity contribution >= 4 is 27.5 Å². The molecule has 0 saturated carbocycles. The fraction of sp³-hybridized carbons (Fsp3) is 0.571. The van der Waals surface area contributed by atoms with Gasteiger partial charge in [0.15, 0.2) is 0 Å². The highest BCUT2D eigenvalue weighted by Gasteiger charge is 2.15. The predicted molar refractivity (Wildman–Crippen MR) is 83.0 cm³/mol. The first kappa shape index (κ1) is 14.7. The molecule has 5 heteroatoms. The van der Waals surface area contributed by atoms with E-state index in [-0.39, 0.29) is 5.91 Å². The Bertz CT molecular complexity index is 380. The summed E-state index contributed by atoms with van der Waals surface area (Å²) in [6, 6.07) is 5.74. The van der Waals surface area contributed by atoms with Crippen LogP contribution in [0.2, 0.25) is 0 Å². The number of carbonyl (C=O) groups excluding carboxylic acids is 1. The van der Waals surface area contributed by atoms with Gasteiger partial charge < -0.3 is 5.32 Å². The molecule has 0 aromatic carbocycles. The van der Waals surface area contributed by atoms with Crippen molar-refractivity contribution in [1.82, 2.24) is 10.3 Å². The summed E-state index contributed by atoms with van der Waals surface area (Å²) in [5.74, 6) is 1.43. The molecule has 0 bridgehead atoms. The monoisotopic (exact) mass is 296 g/mol. The van der Waals surface area contributed by atoms with Crippen LogP contribution in [0.25, 0.3) is 0 Å². The molecule has 0 radical (unpaired) electrons. The van der Waals surface area contributed by atoms with Crippen LogP contribution in [0.3, 0.4) is 0 Å². The number of pyridine rings is 1. The third kappa shape index (κ3) is 5.87. The summed E-state index contributed by atoms with van der Waals surface area (Å²) in [6.07, 6.45) is 7.13.